The van der Waals surface area contributed by atoms with Crippen LogP contribution in [0.15, 0.2) is 53.5 Å². The molecule has 1 aliphatic rings. The van der Waals surface area contributed by atoms with Gasteiger partial charge in [-0.3, -0.25) is 9.89 Å². The van der Waals surface area contributed by atoms with Crippen LogP contribution in [0.1, 0.15) is 16.7 Å². The average Bonchev–Trinajstić information content (AvgIpc) is 2.70. The van der Waals surface area contributed by atoms with E-state index in [0.717, 1.165) is 55.9 Å². The number of guanidine groups is 1. The van der Waals surface area contributed by atoms with Crippen LogP contribution < -0.4 is 10.6 Å². The molecule has 0 unspecified atom stereocenters. The number of benzene rings is 2. The minimum Gasteiger partial charge on any atom is -0.379 e. The van der Waals surface area contributed by atoms with Crippen LogP contribution in [0.3, 0.4) is 0 Å². The first-order chi connectivity index (χ1) is 13.2. The smallest absolute Gasteiger partial charge is 0.191 e. The topological polar surface area (TPSA) is 48.9 Å². The zero-order valence-corrected chi connectivity index (χ0v) is 16.5. The first kappa shape index (κ1) is 19.7. The fraction of sp³-hybridized carbons (Fsp3) is 0.381. The van der Waals surface area contributed by atoms with Crippen molar-refractivity contribution in [2.24, 2.45) is 4.99 Å². The molecule has 6 heteroatoms. The second kappa shape index (κ2) is 10.3. The lowest BCUT2D eigenvalue weighted by Crippen LogP contribution is -2.36. The standard InChI is InChI=1S/C21H27ClN4O/c1-23-21(24-14-17-5-7-20(22)8-6-17)25-15-18-3-2-4-19(13-18)16-26-9-11-27-12-10-26/h2-8,13H,9-12,14-16H2,1H3,(H2,23,24,25). The molecule has 3 rings (SSSR count). The summed E-state index contributed by atoms with van der Waals surface area (Å²) in [6.07, 6.45) is 0. The third-order valence-electron chi connectivity index (χ3n) is 4.56. The highest BCUT2D eigenvalue weighted by atomic mass is 35.5. The molecule has 1 heterocycles. The molecule has 0 amide bonds. The molecular formula is C21H27ClN4O. The van der Waals surface area contributed by atoms with Gasteiger partial charge in [0.15, 0.2) is 5.96 Å². The predicted octanol–water partition coefficient (Wildman–Crippen LogP) is 3.04. The maximum Gasteiger partial charge on any atom is 0.191 e. The number of nitrogens with one attached hydrogen (secondary N) is 2. The number of morpholine rings is 1. The molecular weight excluding hydrogens is 360 g/mol. The molecule has 0 atom stereocenters. The van der Waals surface area contributed by atoms with Crippen molar-refractivity contribution in [1.82, 2.24) is 15.5 Å². The predicted molar refractivity (Wildman–Crippen MR) is 111 cm³/mol. The molecule has 0 aliphatic carbocycles. The molecule has 0 spiro atoms. The summed E-state index contributed by atoms with van der Waals surface area (Å²) in [5, 5.41) is 7.46. The second-order valence-electron chi connectivity index (χ2n) is 6.61. The third kappa shape index (κ3) is 6.54. The Bertz CT molecular complexity index is 742. The van der Waals surface area contributed by atoms with Crippen LogP contribution in [0.5, 0.6) is 0 Å². The number of ether oxygens (including phenoxy) is 1. The highest BCUT2D eigenvalue weighted by Crippen LogP contribution is 2.11. The highest BCUT2D eigenvalue weighted by molar-refractivity contribution is 6.30. The minimum atomic E-state index is 0.702. The molecule has 0 aromatic heterocycles. The van der Waals surface area contributed by atoms with Gasteiger partial charge in [0.1, 0.15) is 0 Å². The normalized spacial score (nSPS) is 15.6. The Morgan fingerprint density at radius 3 is 2.37 bits per heavy atom. The lowest BCUT2D eigenvalue weighted by Gasteiger charge is -2.26. The zero-order chi connectivity index (χ0) is 18.9. The molecule has 1 fully saturated rings. The molecule has 0 bridgehead atoms. The van der Waals surface area contributed by atoms with Gasteiger partial charge in [-0.2, -0.15) is 0 Å². The van der Waals surface area contributed by atoms with E-state index in [2.05, 4.69) is 44.8 Å². The summed E-state index contributed by atoms with van der Waals surface area (Å²) < 4.78 is 5.42. The Balaban J connectivity index is 1.48. The van der Waals surface area contributed by atoms with Gasteiger partial charge in [0.2, 0.25) is 0 Å². The van der Waals surface area contributed by atoms with Crippen LogP contribution in [0.25, 0.3) is 0 Å². The summed E-state index contributed by atoms with van der Waals surface area (Å²) in [5.74, 6) is 0.781. The van der Waals surface area contributed by atoms with Crippen LogP contribution in [-0.4, -0.2) is 44.2 Å². The van der Waals surface area contributed by atoms with E-state index in [1.165, 1.54) is 11.1 Å². The van der Waals surface area contributed by atoms with Gasteiger partial charge in [0.25, 0.3) is 0 Å². The van der Waals surface area contributed by atoms with Crippen LogP contribution in [0.4, 0.5) is 0 Å². The molecule has 1 aliphatic heterocycles. The number of halogens is 1. The summed E-state index contributed by atoms with van der Waals surface area (Å²) in [6.45, 7) is 6.08. The SMILES string of the molecule is CN=C(NCc1ccc(Cl)cc1)NCc1cccc(CN2CCOCC2)c1. The summed E-state index contributed by atoms with van der Waals surface area (Å²) >= 11 is 5.93. The Labute approximate surface area is 166 Å². The van der Waals surface area contributed by atoms with E-state index < -0.39 is 0 Å². The molecule has 0 saturated carbocycles. The Kier molecular flexibility index (Phi) is 7.51. The Morgan fingerprint density at radius 2 is 1.67 bits per heavy atom. The van der Waals surface area contributed by atoms with E-state index in [0.29, 0.717) is 6.54 Å². The van der Waals surface area contributed by atoms with Crippen molar-refractivity contribution in [2.45, 2.75) is 19.6 Å². The molecule has 2 aromatic rings. The maximum absolute atomic E-state index is 5.93. The average molecular weight is 387 g/mol. The first-order valence-corrected chi connectivity index (χ1v) is 9.67. The molecule has 0 radical (unpaired) electrons. The van der Waals surface area contributed by atoms with Gasteiger partial charge in [-0.05, 0) is 28.8 Å². The monoisotopic (exact) mass is 386 g/mol. The van der Waals surface area contributed by atoms with Gasteiger partial charge in [0.05, 0.1) is 13.2 Å². The van der Waals surface area contributed by atoms with E-state index in [-0.39, 0.29) is 0 Å². The summed E-state index contributed by atoms with van der Waals surface area (Å²) in [7, 11) is 1.78. The van der Waals surface area contributed by atoms with E-state index in [4.69, 9.17) is 16.3 Å². The van der Waals surface area contributed by atoms with E-state index >= 15 is 0 Å². The third-order valence-corrected chi connectivity index (χ3v) is 4.81. The van der Waals surface area contributed by atoms with E-state index in [9.17, 15) is 0 Å². The van der Waals surface area contributed by atoms with Crippen LogP contribution in [0, 0.1) is 0 Å². The van der Waals surface area contributed by atoms with Crippen molar-refractivity contribution < 1.29 is 4.74 Å². The van der Waals surface area contributed by atoms with Crippen molar-refractivity contribution in [3.05, 3.63) is 70.2 Å². The number of rotatable bonds is 6. The van der Waals surface area contributed by atoms with Crippen molar-refractivity contribution in [1.29, 1.82) is 0 Å². The molecule has 2 aromatic carbocycles. The zero-order valence-electron chi connectivity index (χ0n) is 15.7. The van der Waals surface area contributed by atoms with Gasteiger partial charge in [0, 0.05) is 44.8 Å². The van der Waals surface area contributed by atoms with Crippen LogP contribution in [0.2, 0.25) is 5.02 Å². The molecule has 5 nitrogen and oxygen atoms in total. The lowest BCUT2D eigenvalue weighted by molar-refractivity contribution is 0.0342. The van der Waals surface area contributed by atoms with Gasteiger partial charge in [-0.1, -0.05) is 48.0 Å². The molecule has 2 N–H and O–H groups in total. The number of aliphatic imine (C=N–C) groups is 1. The van der Waals surface area contributed by atoms with Crippen molar-refractivity contribution in [3.63, 3.8) is 0 Å². The van der Waals surface area contributed by atoms with Gasteiger partial charge in [-0.15, -0.1) is 0 Å². The number of hydrogen-bond acceptors (Lipinski definition) is 3. The second-order valence-corrected chi connectivity index (χ2v) is 7.05. The largest absolute Gasteiger partial charge is 0.379 e. The van der Waals surface area contributed by atoms with Gasteiger partial charge >= 0.3 is 0 Å². The first-order valence-electron chi connectivity index (χ1n) is 9.30. The summed E-state index contributed by atoms with van der Waals surface area (Å²) in [5.41, 5.74) is 3.74. The van der Waals surface area contributed by atoms with E-state index in [1.54, 1.807) is 7.05 Å². The maximum atomic E-state index is 5.93. The Hall–Kier alpha value is -2.08. The van der Waals surface area contributed by atoms with E-state index in [1.807, 2.05) is 24.3 Å². The van der Waals surface area contributed by atoms with Gasteiger partial charge in [-0.25, -0.2) is 0 Å². The molecule has 144 valence electrons. The van der Waals surface area contributed by atoms with Gasteiger partial charge < -0.3 is 15.4 Å². The summed E-state index contributed by atoms with van der Waals surface area (Å²) in [6, 6.07) is 16.5. The number of hydrogen-bond donors (Lipinski definition) is 2. The number of nitrogens with zero attached hydrogens (tertiary/aromatic N) is 2. The molecule has 27 heavy (non-hydrogen) atoms. The lowest BCUT2D eigenvalue weighted by atomic mass is 10.1. The van der Waals surface area contributed by atoms with Crippen LogP contribution in [-0.2, 0) is 24.4 Å². The highest BCUT2D eigenvalue weighted by Gasteiger charge is 2.10. The van der Waals surface area contributed by atoms with Crippen LogP contribution >= 0.6 is 11.6 Å². The van der Waals surface area contributed by atoms with Crippen molar-refractivity contribution >= 4 is 17.6 Å². The Morgan fingerprint density at radius 1 is 1.00 bits per heavy atom. The van der Waals surface area contributed by atoms with Crippen molar-refractivity contribution in [2.75, 3.05) is 33.4 Å². The fourth-order valence-electron chi connectivity index (χ4n) is 3.05. The van der Waals surface area contributed by atoms with Crippen molar-refractivity contribution in [3.8, 4) is 0 Å². The summed E-state index contributed by atoms with van der Waals surface area (Å²) in [4.78, 5) is 6.73. The fourth-order valence-corrected chi connectivity index (χ4v) is 3.18. The quantitative estimate of drug-likeness (QED) is 0.591. The molecule has 1 saturated heterocycles. The minimum absolute atomic E-state index is 0.702.